The third-order valence-corrected chi connectivity index (χ3v) is 6.25. The van der Waals surface area contributed by atoms with Crippen LogP contribution in [0.2, 0.25) is 0 Å². The Kier molecular flexibility index (Phi) is 2.54. The number of rotatable bonds is 3. The zero-order valence-corrected chi connectivity index (χ0v) is 14.0. The van der Waals surface area contributed by atoms with Crippen molar-refractivity contribution in [2.24, 2.45) is 5.41 Å². The summed E-state index contributed by atoms with van der Waals surface area (Å²) in [7, 11) is 0. The lowest BCUT2D eigenvalue weighted by Crippen LogP contribution is -2.34. The fourth-order valence-corrected chi connectivity index (χ4v) is 5.67. The largest absolute Gasteiger partial charge is 0.481 e. The van der Waals surface area contributed by atoms with Crippen molar-refractivity contribution in [1.82, 2.24) is 0 Å². The van der Waals surface area contributed by atoms with Gasteiger partial charge in [0.2, 0.25) is 0 Å². The molecule has 3 aliphatic rings. The Hall–Kier alpha value is -2.62. The Morgan fingerprint density at radius 3 is 2.24 bits per heavy atom. The minimum atomic E-state index is -1.15. The third kappa shape index (κ3) is 1.31. The van der Waals surface area contributed by atoms with E-state index in [0.717, 1.165) is 22.3 Å². The van der Waals surface area contributed by atoms with Gasteiger partial charge in [0.15, 0.2) is 0 Å². The number of aliphatic carboxylic acids is 1. The first kappa shape index (κ1) is 14.7. The molecule has 0 aromatic heterocycles. The van der Waals surface area contributed by atoms with Crippen molar-refractivity contribution >= 4 is 11.9 Å². The molecule has 0 radical (unpaired) electrons. The lowest BCUT2D eigenvalue weighted by molar-refractivity contribution is -0.156. The molecule has 4 heteroatoms. The second-order valence-electron chi connectivity index (χ2n) is 7.52. The molecule has 3 aliphatic carbocycles. The van der Waals surface area contributed by atoms with E-state index in [4.69, 9.17) is 4.74 Å². The van der Waals surface area contributed by atoms with E-state index in [9.17, 15) is 14.7 Å². The second-order valence-corrected chi connectivity index (χ2v) is 7.52. The van der Waals surface area contributed by atoms with Crippen molar-refractivity contribution < 1.29 is 19.4 Å². The van der Waals surface area contributed by atoms with E-state index in [1.165, 1.54) is 0 Å². The van der Waals surface area contributed by atoms with Crippen LogP contribution in [0.15, 0.2) is 48.5 Å². The first-order chi connectivity index (χ1) is 12.0. The van der Waals surface area contributed by atoms with Crippen LogP contribution >= 0.6 is 0 Å². The highest BCUT2D eigenvalue weighted by molar-refractivity contribution is 6.08. The van der Waals surface area contributed by atoms with Gasteiger partial charge in [0.1, 0.15) is 10.8 Å². The number of hydrogen-bond acceptors (Lipinski definition) is 3. The van der Waals surface area contributed by atoms with Crippen LogP contribution in [-0.2, 0) is 19.7 Å². The molecule has 1 saturated carbocycles. The van der Waals surface area contributed by atoms with E-state index in [1.54, 1.807) is 13.8 Å². The third-order valence-electron chi connectivity index (χ3n) is 6.25. The van der Waals surface area contributed by atoms with Gasteiger partial charge in [-0.3, -0.25) is 9.59 Å². The van der Waals surface area contributed by atoms with Gasteiger partial charge in [0.25, 0.3) is 0 Å². The molecule has 25 heavy (non-hydrogen) atoms. The number of fused-ring (bicyclic) bond motifs is 7. The molecule has 1 fully saturated rings. The minimum Gasteiger partial charge on any atom is -0.481 e. The normalized spacial score (nSPS) is 32.8. The average Bonchev–Trinajstić information content (AvgIpc) is 3.01. The van der Waals surface area contributed by atoms with Crippen molar-refractivity contribution in [2.75, 3.05) is 0 Å². The maximum Gasteiger partial charge on any atom is 0.318 e. The predicted molar refractivity (Wildman–Crippen MR) is 90.4 cm³/mol. The molecule has 4 atom stereocenters. The van der Waals surface area contributed by atoms with Crippen LogP contribution in [0.1, 0.15) is 47.9 Å². The van der Waals surface area contributed by atoms with Crippen LogP contribution in [0.4, 0.5) is 0 Å². The minimum absolute atomic E-state index is 0.282. The molecule has 0 heterocycles. The Morgan fingerprint density at radius 2 is 1.60 bits per heavy atom. The molecule has 0 saturated heterocycles. The first-order valence-electron chi connectivity index (χ1n) is 8.61. The topological polar surface area (TPSA) is 63.6 Å². The lowest BCUT2D eigenvalue weighted by Gasteiger charge is -2.21. The maximum atomic E-state index is 13.2. The number of carboxylic acids is 1. The summed E-state index contributed by atoms with van der Waals surface area (Å²) in [6, 6.07) is 15.5. The van der Waals surface area contributed by atoms with Gasteiger partial charge in [-0.15, -0.1) is 0 Å². The molecule has 2 aromatic carbocycles. The van der Waals surface area contributed by atoms with Crippen molar-refractivity contribution in [2.45, 2.75) is 37.2 Å². The van der Waals surface area contributed by atoms with E-state index >= 15 is 0 Å². The first-order valence-corrected chi connectivity index (χ1v) is 8.61. The number of esters is 1. The average molecular weight is 334 g/mol. The fraction of sp³-hybridized carbons (Fsp3) is 0.333. The highest BCUT2D eigenvalue weighted by atomic mass is 16.5. The van der Waals surface area contributed by atoms with Crippen LogP contribution in [0.25, 0.3) is 0 Å². The molecule has 0 bridgehead atoms. The van der Waals surface area contributed by atoms with E-state index in [0.29, 0.717) is 0 Å². The lowest BCUT2D eigenvalue weighted by atomic mass is 9.82. The molecule has 5 rings (SSSR count). The molecule has 0 aliphatic heterocycles. The quantitative estimate of drug-likeness (QED) is 0.876. The highest BCUT2D eigenvalue weighted by Crippen LogP contribution is 2.89. The molecule has 4 nitrogen and oxygen atoms in total. The molecular weight excluding hydrogens is 316 g/mol. The summed E-state index contributed by atoms with van der Waals surface area (Å²) in [4.78, 5) is 25.8. The zero-order chi connectivity index (χ0) is 17.6. The van der Waals surface area contributed by atoms with Gasteiger partial charge >= 0.3 is 11.9 Å². The van der Waals surface area contributed by atoms with Crippen LogP contribution in [0, 0.1) is 5.41 Å². The van der Waals surface area contributed by atoms with Gasteiger partial charge in [-0.2, -0.15) is 0 Å². The summed E-state index contributed by atoms with van der Waals surface area (Å²) < 4.78 is 5.58. The van der Waals surface area contributed by atoms with Crippen molar-refractivity contribution in [1.29, 1.82) is 0 Å². The maximum absolute atomic E-state index is 13.2. The van der Waals surface area contributed by atoms with Gasteiger partial charge < -0.3 is 9.84 Å². The molecule has 0 amide bonds. The smallest absolute Gasteiger partial charge is 0.318 e. The summed E-state index contributed by atoms with van der Waals surface area (Å²) in [6.07, 6.45) is -0.282. The summed E-state index contributed by atoms with van der Waals surface area (Å²) in [6.45, 7) is 3.60. The standard InChI is InChI=1S/C21H18O4/c1-11(2)25-19(24)20-15-10-6-5-9-14(15)16-12-7-3-4-8-13(12)17(20)21(16,20)18(22)23/h3-11,16-17H,1-2H3,(H,22,23). The van der Waals surface area contributed by atoms with Crippen LogP contribution < -0.4 is 0 Å². The Bertz CT molecular complexity index is 946. The number of benzene rings is 2. The molecular formula is C21H18O4. The molecule has 0 spiro atoms. The summed E-state index contributed by atoms with van der Waals surface area (Å²) in [5.41, 5.74) is 1.55. The number of hydrogen-bond donors (Lipinski definition) is 1. The monoisotopic (exact) mass is 334 g/mol. The van der Waals surface area contributed by atoms with Crippen LogP contribution in [-0.4, -0.2) is 23.1 Å². The van der Waals surface area contributed by atoms with Crippen molar-refractivity contribution in [3.05, 3.63) is 70.8 Å². The number of carboxylic acid groups (broad SMARTS) is 1. The van der Waals surface area contributed by atoms with Gasteiger partial charge in [-0.25, -0.2) is 0 Å². The van der Waals surface area contributed by atoms with E-state index in [1.807, 2.05) is 48.5 Å². The summed E-state index contributed by atoms with van der Waals surface area (Å²) >= 11 is 0. The van der Waals surface area contributed by atoms with Crippen molar-refractivity contribution in [3.63, 3.8) is 0 Å². The second kappa shape index (κ2) is 4.31. The summed E-state index contributed by atoms with van der Waals surface area (Å²) in [5.74, 6) is -1.95. The highest BCUT2D eigenvalue weighted by Gasteiger charge is 2.94. The number of carbonyl (C=O) groups excluding carboxylic acids is 1. The predicted octanol–water partition coefficient (Wildman–Crippen LogP) is 3.20. The van der Waals surface area contributed by atoms with Gasteiger partial charge in [0, 0.05) is 11.8 Å². The Balaban J connectivity index is 1.84. The van der Waals surface area contributed by atoms with Gasteiger partial charge in [-0.05, 0) is 36.1 Å². The summed E-state index contributed by atoms with van der Waals surface area (Å²) in [5, 5.41) is 10.3. The van der Waals surface area contributed by atoms with Gasteiger partial charge in [-0.1, -0.05) is 48.5 Å². The Morgan fingerprint density at radius 1 is 1.00 bits per heavy atom. The van der Waals surface area contributed by atoms with E-state index in [2.05, 4.69) is 0 Å². The SMILES string of the molecule is CC(C)OC(=O)C12c3ccccc3C3c4ccccc4C1C32C(=O)O. The van der Waals surface area contributed by atoms with Crippen molar-refractivity contribution in [3.8, 4) is 0 Å². The van der Waals surface area contributed by atoms with Gasteiger partial charge in [0.05, 0.1) is 6.10 Å². The van der Waals surface area contributed by atoms with Crippen LogP contribution in [0.5, 0.6) is 0 Å². The van der Waals surface area contributed by atoms with E-state index in [-0.39, 0.29) is 17.9 Å². The fourth-order valence-electron chi connectivity index (χ4n) is 5.67. The van der Waals surface area contributed by atoms with Crippen LogP contribution in [0.3, 0.4) is 0 Å². The number of carbonyl (C=O) groups is 2. The molecule has 4 unspecified atom stereocenters. The number of ether oxygens (including phenoxy) is 1. The van der Waals surface area contributed by atoms with E-state index < -0.39 is 22.8 Å². The molecule has 1 N–H and O–H groups in total. The Labute approximate surface area is 145 Å². The molecule has 126 valence electrons. The molecule has 2 aromatic rings. The zero-order valence-electron chi connectivity index (χ0n) is 14.0.